The Hall–Kier alpha value is -2.21. The summed E-state index contributed by atoms with van der Waals surface area (Å²) >= 11 is 0. The van der Waals surface area contributed by atoms with Crippen molar-refractivity contribution in [1.29, 1.82) is 0 Å². The lowest BCUT2D eigenvalue weighted by Crippen LogP contribution is -2.36. The number of fused-ring (bicyclic) bond motifs is 3. The number of H-pyrrole nitrogens is 1. The summed E-state index contributed by atoms with van der Waals surface area (Å²) in [7, 11) is 2.27. The number of hydrogen-bond donors (Lipinski definition) is 1. The van der Waals surface area contributed by atoms with Crippen LogP contribution in [0.1, 0.15) is 19.3 Å². The monoisotopic (exact) mass is 322 g/mol. The van der Waals surface area contributed by atoms with Crippen molar-refractivity contribution in [2.45, 2.75) is 25.3 Å². The van der Waals surface area contributed by atoms with Crippen LogP contribution in [0.2, 0.25) is 0 Å². The molecule has 0 aromatic carbocycles. The standard InChI is InChI=1S/C18H22N6/c1-23(10-12-2-3-12)14-5-7-24(11-14)18-16-13(9-21-22-18)8-20-17-15(16)4-6-19-17/h4,6,8-9,12,14H,2-3,5,7,10-11H2,1H3,(H,19,20). The highest BCUT2D eigenvalue weighted by molar-refractivity contribution is 6.09. The number of pyridine rings is 1. The molecule has 4 heterocycles. The summed E-state index contributed by atoms with van der Waals surface area (Å²) in [5, 5.41) is 12.1. The van der Waals surface area contributed by atoms with Gasteiger partial charge in [0.15, 0.2) is 5.82 Å². The second kappa shape index (κ2) is 5.41. The Kier molecular flexibility index (Phi) is 3.19. The molecule has 0 radical (unpaired) electrons. The number of likely N-dealkylation sites (N-methyl/N-ethyl adjacent to an activating group) is 1. The minimum Gasteiger partial charge on any atom is -0.353 e. The molecule has 1 unspecified atom stereocenters. The molecule has 2 aliphatic rings. The van der Waals surface area contributed by atoms with Gasteiger partial charge in [0.1, 0.15) is 5.65 Å². The van der Waals surface area contributed by atoms with Crippen LogP contribution in [0, 0.1) is 5.92 Å². The van der Waals surface area contributed by atoms with Crippen LogP contribution in [0.15, 0.2) is 24.7 Å². The number of aromatic nitrogens is 4. The third kappa shape index (κ3) is 2.33. The van der Waals surface area contributed by atoms with Crippen LogP contribution in [0.4, 0.5) is 5.82 Å². The van der Waals surface area contributed by atoms with Gasteiger partial charge in [-0.1, -0.05) is 0 Å². The van der Waals surface area contributed by atoms with Crippen LogP contribution >= 0.6 is 0 Å². The molecule has 24 heavy (non-hydrogen) atoms. The molecule has 1 saturated heterocycles. The summed E-state index contributed by atoms with van der Waals surface area (Å²) in [6.07, 6.45) is 9.66. The minimum atomic E-state index is 0.617. The molecule has 5 rings (SSSR count). The Morgan fingerprint density at radius 2 is 2.21 bits per heavy atom. The summed E-state index contributed by atoms with van der Waals surface area (Å²) in [5.41, 5.74) is 0.915. The molecule has 2 fully saturated rings. The van der Waals surface area contributed by atoms with E-state index in [9.17, 15) is 0 Å². The van der Waals surface area contributed by atoms with Crippen molar-refractivity contribution < 1.29 is 0 Å². The maximum absolute atomic E-state index is 4.50. The van der Waals surface area contributed by atoms with E-state index in [0.717, 1.165) is 41.2 Å². The fourth-order valence-corrected chi connectivity index (χ4v) is 3.94. The van der Waals surface area contributed by atoms with E-state index in [2.05, 4.69) is 43.1 Å². The highest BCUT2D eigenvalue weighted by Gasteiger charge is 2.31. The first-order valence-corrected chi connectivity index (χ1v) is 8.82. The van der Waals surface area contributed by atoms with Crippen LogP contribution in [0.3, 0.4) is 0 Å². The first-order chi connectivity index (χ1) is 11.8. The molecule has 1 saturated carbocycles. The molecular weight excluding hydrogens is 300 g/mol. The molecule has 0 amide bonds. The van der Waals surface area contributed by atoms with Crippen LogP contribution < -0.4 is 4.90 Å². The number of rotatable bonds is 4. The number of nitrogens with one attached hydrogen (secondary N) is 1. The number of anilines is 1. The molecule has 1 aliphatic carbocycles. The largest absolute Gasteiger partial charge is 0.353 e. The zero-order valence-corrected chi connectivity index (χ0v) is 13.9. The van der Waals surface area contributed by atoms with Crippen molar-refractivity contribution in [3.63, 3.8) is 0 Å². The number of hydrogen-bond acceptors (Lipinski definition) is 5. The quantitative estimate of drug-likeness (QED) is 0.799. The molecule has 1 N–H and O–H groups in total. The van der Waals surface area contributed by atoms with Gasteiger partial charge in [-0.05, 0) is 38.3 Å². The molecule has 0 spiro atoms. The predicted octanol–water partition coefficient (Wildman–Crippen LogP) is 2.43. The fraction of sp³-hybridized carbons (Fsp3) is 0.500. The molecule has 6 heteroatoms. The van der Waals surface area contributed by atoms with Gasteiger partial charge >= 0.3 is 0 Å². The smallest absolute Gasteiger partial charge is 0.160 e. The van der Waals surface area contributed by atoms with E-state index >= 15 is 0 Å². The van der Waals surface area contributed by atoms with Gasteiger partial charge in [0, 0.05) is 54.2 Å². The maximum Gasteiger partial charge on any atom is 0.160 e. The van der Waals surface area contributed by atoms with E-state index in [-0.39, 0.29) is 0 Å². The van der Waals surface area contributed by atoms with Crippen molar-refractivity contribution in [2.75, 3.05) is 31.6 Å². The normalized spacial score (nSPS) is 21.4. The zero-order chi connectivity index (χ0) is 16.1. The van der Waals surface area contributed by atoms with Gasteiger partial charge in [0.05, 0.1) is 6.20 Å². The van der Waals surface area contributed by atoms with E-state index in [1.807, 2.05) is 18.6 Å². The molecule has 6 nitrogen and oxygen atoms in total. The van der Waals surface area contributed by atoms with E-state index in [1.165, 1.54) is 31.2 Å². The van der Waals surface area contributed by atoms with Crippen LogP contribution in [0.25, 0.3) is 21.8 Å². The summed E-state index contributed by atoms with van der Waals surface area (Å²) in [5.74, 6) is 1.94. The SMILES string of the molecule is CN(CC1CC1)C1CCN(c2nncc3cnc4[nH]ccc4c23)C1. The average molecular weight is 322 g/mol. The van der Waals surface area contributed by atoms with Crippen molar-refractivity contribution in [1.82, 2.24) is 25.1 Å². The molecule has 1 aliphatic heterocycles. The van der Waals surface area contributed by atoms with Crippen molar-refractivity contribution in [3.05, 3.63) is 24.7 Å². The summed E-state index contributed by atoms with van der Waals surface area (Å²) in [6, 6.07) is 2.70. The zero-order valence-electron chi connectivity index (χ0n) is 13.9. The van der Waals surface area contributed by atoms with Gasteiger partial charge in [0.2, 0.25) is 0 Å². The molecular formula is C18H22N6. The van der Waals surface area contributed by atoms with Gasteiger partial charge in [-0.3, -0.25) is 0 Å². The lowest BCUT2D eigenvalue weighted by atomic mass is 10.1. The number of aromatic amines is 1. The molecule has 3 aromatic heterocycles. The van der Waals surface area contributed by atoms with E-state index < -0.39 is 0 Å². The van der Waals surface area contributed by atoms with Crippen LogP contribution in [-0.2, 0) is 0 Å². The van der Waals surface area contributed by atoms with Crippen LogP contribution in [0.5, 0.6) is 0 Å². The number of nitrogens with zero attached hydrogens (tertiary/aromatic N) is 5. The minimum absolute atomic E-state index is 0.617. The topological polar surface area (TPSA) is 60.9 Å². The first-order valence-electron chi connectivity index (χ1n) is 8.82. The van der Waals surface area contributed by atoms with Gasteiger partial charge in [-0.2, -0.15) is 5.10 Å². The molecule has 1 atom stereocenters. The van der Waals surface area contributed by atoms with E-state index in [4.69, 9.17) is 0 Å². The Morgan fingerprint density at radius 1 is 1.29 bits per heavy atom. The molecule has 124 valence electrons. The van der Waals surface area contributed by atoms with Gasteiger partial charge < -0.3 is 14.8 Å². The summed E-state index contributed by atoms with van der Waals surface area (Å²) < 4.78 is 0. The third-order valence-corrected chi connectivity index (χ3v) is 5.52. The third-order valence-electron chi connectivity index (χ3n) is 5.52. The highest BCUT2D eigenvalue weighted by atomic mass is 15.3. The van der Waals surface area contributed by atoms with Crippen molar-refractivity contribution >= 4 is 27.6 Å². The van der Waals surface area contributed by atoms with E-state index in [1.54, 1.807) is 0 Å². The van der Waals surface area contributed by atoms with Crippen molar-refractivity contribution in [3.8, 4) is 0 Å². The second-order valence-electron chi connectivity index (χ2n) is 7.27. The average Bonchev–Trinajstić information content (AvgIpc) is 3.12. The van der Waals surface area contributed by atoms with Gasteiger partial charge in [0.25, 0.3) is 0 Å². The van der Waals surface area contributed by atoms with Crippen LogP contribution in [-0.4, -0.2) is 57.8 Å². The lowest BCUT2D eigenvalue weighted by molar-refractivity contribution is 0.249. The Morgan fingerprint density at radius 3 is 3.08 bits per heavy atom. The van der Waals surface area contributed by atoms with Gasteiger partial charge in [-0.15, -0.1) is 5.10 Å². The Bertz CT molecular complexity index is 883. The maximum atomic E-state index is 4.50. The first kappa shape index (κ1) is 14.2. The Balaban J connectivity index is 1.49. The summed E-state index contributed by atoms with van der Waals surface area (Å²) in [6.45, 7) is 3.32. The fourth-order valence-electron chi connectivity index (χ4n) is 3.94. The van der Waals surface area contributed by atoms with Gasteiger partial charge in [-0.25, -0.2) is 4.98 Å². The molecule has 0 bridgehead atoms. The second-order valence-corrected chi connectivity index (χ2v) is 7.27. The Labute approximate surface area is 140 Å². The predicted molar refractivity (Wildman–Crippen MR) is 95.2 cm³/mol. The van der Waals surface area contributed by atoms with E-state index in [0.29, 0.717) is 6.04 Å². The summed E-state index contributed by atoms with van der Waals surface area (Å²) in [4.78, 5) is 12.6. The van der Waals surface area contributed by atoms with Crippen molar-refractivity contribution in [2.24, 2.45) is 5.92 Å². The lowest BCUT2D eigenvalue weighted by Gasteiger charge is -2.25. The highest BCUT2D eigenvalue weighted by Crippen LogP contribution is 2.34. The molecule has 3 aromatic rings.